The van der Waals surface area contributed by atoms with Gasteiger partial charge < -0.3 is 10.2 Å². The number of carbonyl (C=O) groups excluding carboxylic acids is 1. The minimum absolute atomic E-state index is 0.108. The Labute approximate surface area is 122 Å². The van der Waals surface area contributed by atoms with Crippen molar-refractivity contribution in [1.29, 1.82) is 0 Å². The van der Waals surface area contributed by atoms with Crippen LogP contribution in [0.2, 0.25) is 0 Å². The van der Waals surface area contributed by atoms with E-state index in [9.17, 15) is 4.79 Å². The van der Waals surface area contributed by atoms with Crippen LogP contribution in [0.3, 0.4) is 0 Å². The summed E-state index contributed by atoms with van der Waals surface area (Å²) in [5, 5.41) is 4.27. The Bertz CT molecular complexity index is 620. The predicted molar refractivity (Wildman–Crippen MR) is 81.0 cm³/mol. The van der Waals surface area contributed by atoms with E-state index in [-0.39, 0.29) is 6.03 Å². The Hall–Kier alpha value is -1.59. The molecule has 2 aliphatic rings. The van der Waals surface area contributed by atoms with E-state index < -0.39 is 0 Å². The fourth-order valence-corrected chi connectivity index (χ4v) is 4.25. The maximum Gasteiger partial charge on any atom is 0.317 e. The largest absolute Gasteiger partial charge is 0.336 e. The lowest BCUT2D eigenvalue weighted by Crippen LogP contribution is -2.51. The third-order valence-corrected chi connectivity index (χ3v) is 5.27. The van der Waals surface area contributed by atoms with Crippen LogP contribution in [0.5, 0.6) is 0 Å². The zero-order valence-corrected chi connectivity index (χ0v) is 12.0. The number of rotatable bonds is 2. The first-order valence-electron chi connectivity index (χ1n) is 7.04. The molecule has 5 heteroatoms. The van der Waals surface area contributed by atoms with Gasteiger partial charge in [-0.15, -0.1) is 11.3 Å². The van der Waals surface area contributed by atoms with Crippen LogP contribution in [0, 0.1) is 0 Å². The first kappa shape index (κ1) is 12.2. The lowest BCUT2D eigenvalue weighted by Gasteiger charge is -2.36. The van der Waals surface area contributed by atoms with Crippen LogP contribution < -0.4 is 5.32 Å². The number of amides is 2. The first-order chi connectivity index (χ1) is 9.79. The van der Waals surface area contributed by atoms with Crippen molar-refractivity contribution in [3.8, 4) is 0 Å². The fourth-order valence-electron chi connectivity index (χ4n) is 3.15. The molecule has 20 heavy (non-hydrogen) atoms. The first-order valence-corrected chi connectivity index (χ1v) is 7.85. The Kier molecular flexibility index (Phi) is 2.89. The molecule has 4 rings (SSSR count). The summed E-state index contributed by atoms with van der Waals surface area (Å²) in [6, 6.07) is 11.3. The average molecular weight is 287 g/mol. The molecule has 0 unspecified atom stereocenters. The van der Waals surface area contributed by atoms with E-state index >= 15 is 0 Å². The lowest BCUT2D eigenvalue weighted by molar-refractivity contribution is 0.117. The van der Waals surface area contributed by atoms with Crippen LogP contribution in [-0.4, -0.2) is 48.1 Å². The predicted octanol–water partition coefficient (Wildman–Crippen LogP) is 2.11. The van der Waals surface area contributed by atoms with Crippen LogP contribution >= 0.6 is 11.3 Å². The third-order valence-electron chi connectivity index (χ3n) is 4.17. The topological polar surface area (TPSA) is 35.6 Å². The smallest absolute Gasteiger partial charge is 0.317 e. The quantitative estimate of drug-likeness (QED) is 0.918. The van der Waals surface area contributed by atoms with Crippen molar-refractivity contribution in [2.45, 2.75) is 12.6 Å². The zero-order valence-electron chi connectivity index (χ0n) is 11.2. The number of hydrogen-bond donors (Lipinski definition) is 1. The molecule has 1 N–H and O–H groups in total. The molecule has 2 saturated heterocycles. The van der Waals surface area contributed by atoms with Gasteiger partial charge in [-0.05, 0) is 17.5 Å². The van der Waals surface area contributed by atoms with Gasteiger partial charge in [-0.25, -0.2) is 4.79 Å². The van der Waals surface area contributed by atoms with Crippen LogP contribution in [0.4, 0.5) is 4.79 Å². The van der Waals surface area contributed by atoms with E-state index in [1.165, 1.54) is 15.0 Å². The fraction of sp³-hybridized carbons (Fsp3) is 0.400. The number of fused-ring (bicyclic) bond motifs is 2. The van der Waals surface area contributed by atoms with Gasteiger partial charge >= 0.3 is 6.03 Å². The van der Waals surface area contributed by atoms with Gasteiger partial charge in [-0.3, -0.25) is 4.90 Å². The molecule has 1 aromatic carbocycles. The summed E-state index contributed by atoms with van der Waals surface area (Å²) in [7, 11) is 0. The van der Waals surface area contributed by atoms with Crippen LogP contribution in [-0.2, 0) is 6.54 Å². The van der Waals surface area contributed by atoms with Gasteiger partial charge in [0, 0.05) is 42.3 Å². The van der Waals surface area contributed by atoms with Crippen molar-refractivity contribution in [2.24, 2.45) is 0 Å². The molecule has 2 aliphatic heterocycles. The van der Waals surface area contributed by atoms with E-state index in [1.54, 1.807) is 0 Å². The molecular formula is C15H17N3OS. The van der Waals surface area contributed by atoms with Gasteiger partial charge in [-0.2, -0.15) is 0 Å². The summed E-state index contributed by atoms with van der Waals surface area (Å²) in [5.74, 6) is 0. The number of nitrogens with zero attached hydrogens (tertiary/aromatic N) is 2. The number of urea groups is 1. The molecule has 1 atom stereocenters. The van der Waals surface area contributed by atoms with E-state index in [0.717, 1.165) is 32.7 Å². The molecule has 0 bridgehead atoms. The monoisotopic (exact) mass is 287 g/mol. The molecule has 104 valence electrons. The van der Waals surface area contributed by atoms with Gasteiger partial charge in [0.15, 0.2) is 0 Å². The highest BCUT2D eigenvalue weighted by atomic mass is 32.1. The summed E-state index contributed by atoms with van der Waals surface area (Å²) < 4.78 is 1.36. The second kappa shape index (κ2) is 4.75. The minimum Gasteiger partial charge on any atom is -0.336 e. The maximum atomic E-state index is 11.6. The Morgan fingerprint density at radius 2 is 2.20 bits per heavy atom. The van der Waals surface area contributed by atoms with Gasteiger partial charge in [0.05, 0.1) is 6.04 Å². The number of thiophene rings is 1. The number of hydrogen-bond acceptors (Lipinski definition) is 3. The van der Waals surface area contributed by atoms with E-state index in [1.807, 2.05) is 16.2 Å². The summed E-state index contributed by atoms with van der Waals surface area (Å²) >= 11 is 1.88. The lowest BCUT2D eigenvalue weighted by atomic mass is 10.2. The second-order valence-electron chi connectivity index (χ2n) is 5.52. The highest BCUT2D eigenvalue weighted by Gasteiger charge is 2.35. The number of piperazine rings is 1. The van der Waals surface area contributed by atoms with Crippen molar-refractivity contribution < 1.29 is 4.79 Å². The van der Waals surface area contributed by atoms with Crippen molar-refractivity contribution in [1.82, 2.24) is 15.1 Å². The Morgan fingerprint density at radius 1 is 1.30 bits per heavy atom. The van der Waals surface area contributed by atoms with E-state index in [2.05, 4.69) is 40.5 Å². The molecule has 4 nitrogen and oxygen atoms in total. The van der Waals surface area contributed by atoms with Crippen molar-refractivity contribution in [3.63, 3.8) is 0 Å². The molecule has 1 aromatic heterocycles. The number of carbonyl (C=O) groups is 1. The van der Waals surface area contributed by atoms with Crippen LogP contribution in [0.15, 0.2) is 30.3 Å². The molecule has 2 aromatic rings. The van der Waals surface area contributed by atoms with Gasteiger partial charge in [-0.1, -0.05) is 18.2 Å². The summed E-state index contributed by atoms with van der Waals surface area (Å²) in [5.41, 5.74) is 0. The van der Waals surface area contributed by atoms with Crippen LogP contribution in [0.1, 0.15) is 4.88 Å². The van der Waals surface area contributed by atoms with Crippen LogP contribution in [0.25, 0.3) is 10.1 Å². The maximum absolute atomic E-state index is 11.6. The molecule has 0 saturated carbocycles. The standard InChI is InChI=1S/C15H17N3OS/c19-15-16-8-12-9-17(5-6-18(12)15)10-13-7-11-3-1-2-4-14(11)20-13/h1-4,7,12H,5-6,8-10H2,(H,16,19)/t12-/m0/s1. The SMILES string of the molecule is O=C1NC[C@H]2CN(Cc3cc4ccccc4s3)CCN12. The molecular weight excluding hydrogens is 270 g/mol. The van der Waals surface area contributed by atoms with Crippen molar-refractivity contribution >= 4 is 27.5 Å². The summed E-state index contributed by atoms with van der Waals surface area (Å²) in [4.78, 5) is 17.4. The second-order valence-corrected chi connectivity index (χ2v) is 6.69. The third kappa shape index (κ3) is 2.07. The van der Waals surface area contributed by atoms with Crippen molar-refractivity contribution in [2.75, 3.05) is 26.2 Å². The highest BCUT2D eigenvalue weighted by Crippen LogP contribution is 2.27. The van der Waals surface area contributed by atoms with Gasteiger partial charge in [0.1, 0.15) is 0 Å². The molecule has 0 spiro atoms. The van der Waals surface area contributed by atoms with E-state index in [4.69, 9.17) is 0 Å². The average Bonchev–Trinajstić information content (AvgIpc) is 3.02. The van der Waals surface area contributed by atoms with Gasteiger partial charge in [0.2, 0.25) is 0 Å². The normalized spacial score (nSPS) is 23.1. The minimum atomic E-state index is 0.108. The Morgan fingerprint density at radius 3 is 3.10 bits per heavy atom. The summed E-state index contributed by atoms with van der Waals surface area (Å²) in [6.07, 6.45) is 0. The van der Waals surface area contributed by atoms with Crippen molar-refractivity contribution in [3.05, 3.63) is 35.2 Å². The molecule has 3 heterocycles. The molecule has 0 aliphatic carbocycles. The Balaban J connectivity index is 1.48. The molecule has 2 amide bonds. The van der Waals surface area contributed by atoms with Gasteiger partial charge in [0.25, 0.3) is 0 Å². The number of benzene rings is 1. The zero-order chi connectivity index (χ0) is 13.5. The highest BCUT2D eigenvalue weighted by molar-refractivity contribution is 7.19. The summed E-state index contributed by atoms with van der Waals surface area (Å²) in [6.45, 7) is 4.59. The van der Waals surface area contributed by atoms with E-state index in [0.29, 0.717) is 6.04 Å². The molecule has 0 radical (unpaired) electrons. The number of nitrogens with one attached hydrogen (secondary N) is 1. The molecule has 2 fully saturated rings.